The molecule has 0 aliphatic rings. The molecule has 24 heavy (non-hydrogen) atoms. The first-order chi connectivity index (χ1) is 11.5. The van der Waals surface area contributed by atoms with Gasteiger partial charge in [0.05, 0.1) is 5.69 Å². The number of hydrogen-bond donors (Lipinski definition) is 1. The van der Waals surface area contributed by atoms with Crippen molar-refractivity contribution in [3.05, 3.63) is 71.4 Å². The molecule has 6 nitrogen and oxygen atoms in total. The first kappa shape index (κ1) is 15.7. The molecule has 0 unspecified atom stereocenters. The van der Waals surface area contributed by atoms with Gasteiger partial charge >= 0.3 is 0 Å². The third kappa shape index (κ3) is 3.43. The van der Waals surface area contributed by atoms with E-state index in [4.69, 9.17) is 4.74 Å². The van der Waals surface area contributed by atoms with Gasteiger partial charge in [-0.25, -0.2) is 9.97 Å². The smallest absolute Gasteiger partial charge is 0.219 e. The van der Waals surface area contributed by atoms with E-state index in [2.05, 4.69) is 21.2 Å². The summed E-state index contributed by atoms with van der Waals surface area (Å²) in [6.07, 6.45) is 4.96. The van der Waals surface area contributed by atoms with Crippen LogP contribution >= 0.6 is 0 Å². The molecule has 1 N–H and O–H groups in total. The molecule has 3 rings (SSSR count). The Morgan fingerprint density at radius 2 is 1.83 bits per heavy atom. The number of benzene rings is 1. The van der Waals surface area contributed by atoms with Gasteiger partial charge < -0.3 is 9.94 Å². The highest BCUT2D eigenvalue weighted by atomic mass is 16.5. The average Bonchev–Trinajstić information content (AvgIpc) is 2.95. The minimum absolute atomic E-state index is 0.348. The Morgan fingerprint density at radius 1 is 1.08 bits per heavy atom. The lowest BCUT2D eigenvalue weighted by atomic mass is 10.1. The highest BCUT2D eigenvalue weighted by Gasteiger charge is 2.09. The van der Waals surface area contributed by atoms with Crippen LogP contribution in [0.5, 0.6) is 11.6 Å². The molecule has 0 radical (unpaired) electrons. The molecule has 3 aromatic rings. The highest BCUT2D eigenvalue weighted by Crippen LogP contribution is 2.22. The third-order valence-corrected chi connectivity index (χ3v) is 3.46. The van der Waals surface area contributed by atoms with Gasteiger partial charge in [0.2, 0.25) is 5.88 Å². The van der Waals surface area contributed by atoms with Crippen molar-refractivity contribution in [2.24, 2.45) is 5.16 Å². The second-order valence-electron chi connectivity index (χ2n) is 5.66. The zero-order chi connectivity index (χ0) is 17.1. The molecule has 2 aromatic heterocycles. The van der Waals surface area contributed by atoms with E-state index in [1.807, 2.05) is 32.9 Å². The van der Waals surface area contributed by atoms with Crippen molar-refractivity contribution in [1.82, 2.24) is 14.5 Å². The lowest BCUT2D eigenvalue weighted by Gasteiger charge is -2.08. The number of aromatic nitrogens is 3. The Balaban J connectivity index is 1.82. The Hall–Kier alpha value is -3.15. The molecule has 1 aromatic carbocycles. The van der Waals surface area contributed by atoms with E-state index in [9.17, 15) is 5.21 Å². The normalized spacial score (nSPS) is 11.5. The number of imidazole rings is 1. The summed E-state index contributed by atoms with van der Waals surface area (Å²) in [5, 5.41) is 12.6. The molecule has 0 fully saturated rings. The standard InChI is InChI=1S/C18H18N4O2/c1-12-6-13(2)8-16(7-12)24-17-5-4-15(9-19-17)18(21-23)22-10-14(3)20-11-22/h4-11,23H,1-3H3/b21-18-. The van der Waals surface area contributed by atoms with E-state index in [0.29, 0.717) is 17.3 Å². The summed E-state index contributed by atoms with van der Waals surface area (Å²) < 4.78 is 7.42. The Kier molecular flexibility index (Phi) is 4.29. The molecule has 0 spiro atoms. The fourth-order valence-electron chi connectivity index (χ4n) is 2.48. The Labute approximate surface area is 140 Å². The van der Waals surface area contributed by atoms with E-state index in [1.165, 1.54) is 0 Å². The highest BCUT2D eigenvalue weighted by molar-refractivity contribution is 5.99. The van der Waals surface area contributed by atoms with Crippen molar-refractivity contribution in [1.29, 1.82) is 0 Å². The summed E-state index contributed by atoms with van der Waals surface area (Å²) in [4.78, 5) is 8.41. The van der Waals surface area contributed by atoms with Crippen LogP contribution in [0.1, 0.15) is 22.4 Å². The van der Waals surface area contributed by atoms with E-state index < -0.39 is 0 Å². The van der Waals surface area contributed by atoms with Gasteiger partial charge in [-0.3, -0.25) is 4.57 Å². The lowest BCUT2D eigenvalue weighted by molar-refractivity contribution is 0.317. The minimum atomic E-state index is 0.348. The maximum Gasteiger partial charge on any atom is 0.219 e. The van der Waals surface area contributed by atoms with Crippen LogP contribution < -0.4 is 4.74 Å². The maximum atomic E-state index is 9.29. The van der Waals surface area contributed by atoms with Crippen LogP contribution in [-0.4, -0.2) is 25.6 Å². The molecule has 0 atom stereocenters. The summed E-state index contributed by atoms with van der Waals surface area (Å²) in [5.74, 6) is 1.57. The molecule has 0 amide bonds. The van der Waals surface area contributed by atoms with Crippen LogP contribution in [0.2, 0.25) is 0 Å². The second kappa shape index (κ2) is 6.54. The first-order valence-electron chi connectivity index (χ1n) is 7.51. The third-order valence-electron chi connectivity index (χ3n) is 3.46. The Morgan fingerprint density at radius 3 is 2.38 bits per heavy atom. The molecule has 0 aliphatic carbocycles. The molecule has 0 bridgehead atoms. The van der Waals surface area contributed by atoms with Crippen molar-refractivity contribution >= 4 is 5.84 Å². The number of hydrogen-bond acceptors (Lipinski definition) is 5. The van der Waals surface area contributed by atoms with E-state index in [-0.39, 0.29) is 0 Å². The molecule has 122 valence electrons. The molecular formula is C18H18N4O2. The molecular weight excluding hydrogens is 304 g/mol. The van der Waals surface area contributed by atoms with Crippen LogP contribution in [-0.2, 0) is 0 Å². The van der Waals surface area contributed by atoms with Gasteiger partial charge in [0.1, 0.15) is 12.1 Å². The van der Waals surface area contributed by atoms with Crippen LogP contribution in [0.25, 0.3) is 0 Å². The number of ether oxygens (including phenoxy) is 1. The predicted octanol–water partition coefficient (Wildman–Crippen LogP) is 3.68. The molecule has 0 saturated heterocycles. The lowest BCUT2D eigenvalue weighted by Crippen LogP contribution is -2.12. The van der Waals surface area contributed by atoms with E-state index in [0.717, 1.165) is 22.6 Å². The summed E-state index contributed by atoms with van der Waals surface area (Å²) >= 11 is 0. The van der Waals surface area contributed by atoms with Crippen LogP contribution in [0.15, 0.2) is 54.2 Å². The SMILES string of the molecule is Cc1cc(C)cc(Oc2ccc(/C(=N/O)n3cnc(C)c3)cn2)c1. The van der Waals surface area contributed by atoms with Crippen molar-refractivity contribution < 1.29 is 9.94 Å². The van der Waals surface area contributed by atoms with Gasteiger partial charge in [-0.05, 0) is 50.1 Å². The van der Waals surface area contributed by atoms with Gasteiger partial charge in [-0.15, -0.1) is 0 Å². The van der Waals surface area contributed by atoms with Crippen molar-refractivity contribution in [3.63, 3.8) is 0 Å². The van der Waals surface area contributed by atoms with E-state index >= 15 is 0 Å². The van der Waals surface area contributed by atoms with Crippen molar-refractivity contribution in [2.75, 3.05) is 0 Å². The number of pyridine rings is 1. The average molecular weight is 322 g/mol. The van der Waals surface area contributed by atoms with Gasteiger partial charge in [0, 0.05) is 24.0 Å². The fraction of sp³-hybridized carbons (Fsp3) is 0.167. The van der Waals surface area contributed by atoms with Crippen molar-refractivity contribution in [2.45, 2.75) is 20.8 Å². The van der Waals surface area contributed by atoms with Crippen LogP contribution in [0.3, 0.4) is 0 Å². The summed E-state index contributed by atoms with van der Waals surface area (Å²) in [7, 11) is 0. The molecule has 6 heteroatoms. The molecule has 0 aliphatic heterocycles. The number of rotatable bonds is 3. The van der Waals surface area contributed by atoms with Gasteiger partial charge in [-0.1, -0.05) is 11.2 Å². The number of aryl methyl sites for hydroxylation is 3. The topological polar surface area (TPSA) is 72.5 Å². The number of oxime groups is 1. The summed E-state index contributed by atoms with van der Waals surface area (Å²) in [5.41, 5.74) is 3.75. The van der Waals surface area contributed by atoms with Crippen LogP contribution in [0, 0.1) is 20.8 Å². The van der Waals surface area contributed by atoms with E-state index in [1.54, 1.807) is 35.4 Å². The Bertz CT molecular complexity index is 862. The maximum absolute atomic E-state index is 9.29. The first-order valence-corrected chi connectivity index (χ1v) is 7.51. The zero-order valence-electron chi connectivity index (χ0n) is 13.8. The van der Waals surface area contributed by atoms with Gasteiger partial charge in [0.25, 0.3) is 0 Å². The molecule has 0 saturated carbocycles. The largest absolute Gasteiger partial charge is 0.439 e. The minimum Gasteiger partial charge on any atom is -0.439 e. The van der Waals surface area contributed by atoms with Gasteiger partial charge in [0.15, 0.2) is 5.84 Å². The van der Waals surface area contributed by atoms with Gasteiger partial charge in [-0.2, -0.15) is 0 Å². The fourth-order valence-corrected chi connectivity index (χ4v) is 2.48. The summed E-state index contributed by atoms with van der Waals surface area (Å²) in [6, 6.07) is 9.52. The zero-order valence-corrected chi connectivity index (χ0v) is 13.8. The number of nitrogens with zero attached hydrogens (tertiary/aromatic N) is 4. The van der Waals surface area contributed by atoms with Crippen molar-refractivity contribution in [3.8, 4) is 11.6 Å². The molecule has 2 heterocycles. The quantitative estimate of drug-likeness (QED) is 0.345. The monoisotopic (exact) mass is 322 g/mol. The summed E-state index contributed by atoms with van der Waals surface area (Å²) in [6.45, 7) is 5.91. The van der Waals surface area contributed by atoms with Crippen LogP contribution in [0.4, 0.5) is 0 Å². The predicted molar refractivity (Wildman–Crippen MR) is 90.9 cm³/mol. The second-order valence-corrected chi connectivity index (χ2v) is 5.66.